The van der Waals surface area contributed by atoms with Crippen molar-refractivity contribution in [3.63, 3.8) is 0 Å². The summed E-state index contributed by atoms with van der Waals surface area (Å²) in [4.78, 5) is 17.3. The van der Waals surface area contributed by atoms with Crippen molar-refractivity contribution in [2.45, 2.75) is 76.9 Å². The van der Waals surface area contributed by atoms with Crippen molar-refractivity contribution in [1.29, 1.82) is 0 Å². The van der Waals surface area contributed by atoms with Crippen LogP contribution in [0.5, 0.6) is 0 Å². The zero-order valence-electron chi connectivity index (χ0n) is 15.3. The van der Waals surface area contributed by atoms with Crippen molar-refractivity contribution < 1.29 is 4.79 Å². The van der Waals surface area contributed by atoms with Crippen LogP contribution in [0.1, 0.15) is 58.8 Å². The van der Waals surface area contributed by atoms with Crippen LogP contribution in [0.2, 0.25) is 0 Å². The first-order valence-corrected chi connectivity index (χ1v) is 9.80. The molecular weight excluding hydrogens is 286 g/mol. The standard InChI is InChI=1S/C19H35N3O/c1-14(2)20-18(23)10-4-9-17-16-8-6-12-22-11-5-7-15(19(16)22)13-21(17)3/h14-17,19H,4-13H2,1-3H3,(H,20,23)/t15-,16+,17+,19-/m0/s1. The van der Waals surface area contributed by atoms with Crippen molar-refractivity contribution in [2.75, 3.05) is 26.7 Å². The van der Waals surface area contributed by atoms with Crippen LogP contribution in [-0.4, -0.2) is 60.5 Å². The second-order valence-electron chi connectivity index (χ2n) is 8.36. The molecule has 0 saturated carbocycles. The summed E-state index contributed by atoms with van der Waals surface area (Å²) < 4.78 is 0. The molecule has 3 rings (SSSR count). The van der Waals surface area contributed by atoms with Crippen molar-refractivity contribution in [3.05, 3.63) is 0 Å². The number of nitrogens with one attached hydrogen (secondary N) is 1. The van der Waals surface area contributed by atoms with Crippen molar-refractivity contribution in [3.8, 4) is 0 Å². The lowest BCUT2D eigenvalue weighted by Crippen LogP contribution is -2.63. The quantitative estimate of drug-likeness (QED) is 0.845. The van der Waals surface area contributed by atoms with Gasteiger partial charge in [0.05, 0.1) is 0 Å². The summed E-state index contributed by atoms with van der Waals surface area (Å²) in [7, 11) is 2.32. The zero-order chi connectivity index (χ0) is 16.4. The molecule has 3 aliphatic heterocycles. The normalized spacial score (nSPS) is 35.1. The lowest BCUT2D eigenvalue weighted by Gasteiger charge is -2.57. The van der Waals surface area contributed by atoms with Gasteiger partial charge in [-0.2, -0.15) is 0 Å². The number of hydrogen-bond acceptors (Lipinski definition) is 3. The van der Waals surface area contributed by atoms with Gasteiger partial charge in [-0.15, -0.1) is 0 Å². The molecule has 3 fully saturated rings. The van der Waals surface area contributed by atoms with E-state index in [0.29, 0.717) is 12.5 Å². The van der Waals surface area contributed by atoms with Crippen molar-refractivity contribution in [2.24, 2.45) is 11.8 Å². The molecule has 4 atom stereocenters. The Balaban J connectivity index is 1.57. The van der Waals surface area contributed by atoms with Crippen LogP contribution in [0.3, 0.4) is 0 Å². The SMILES string of the molecule is CC(C)NC(=O)CCC[C@@H]1[C@H]2CCCN3CCC[C@@H](CN1C)[C@@H]23. The summed E-state index contributed by atoms with van der Waals surface area (Å²) in [6, 6.07) is 1.78. The van der Waals surface area contributed by atoms with Crippen molar-refractivity contribution in [1.82, 2.24) is 15.1 Å². The van der Waals surface area contributed by atoms with Gasteiger partial charge in [0.25, 0.3) is 0 Å². The minimum Gasteiger partial charge on any atom is -0.354 e. The number of likely N-dealkylation sites (tertiary alicyclic amines) is 1. The Morgan fingerprint density at radius 3 is 2.70 bits per heavy atom. The van der Waals surface area contributed by atoms with E-state index in [-0.39, 0.29) is 11.9 Å². The molecule has 4 nitrogen and oxygen atoms in total. The molecule has 132 valence electrons. The van der Waals surface area contributed by atoms with Crippen LogP contribution < -0.4 is 5.32 Å². The van der Waals surface area contributed by atoms with Gasteiger partial charge in [0, 0.05) is 31.1 Å². The fourth-order valence-corrected chi connectivity index (χ4v) is 5.51. The Morgan fingerprint density at radius 1 is 1.22 bits per heavy atom. The smallest absolute Gasteiger partial charge is 0.220 e. The molecule has 0 aromatic carbocycles. The predicted molar refractivity (Wildman–Crippen MR) is 94.4 cm³/mol. The Hall–Kier alpha value is -0.610. The van der Waals surface area contributed by atoms with E-state index < -0.39 is 0 Å². The summed E-state index contributed by atoms with van der Waals surface area (Å²) in [6.45, 7) is 7.98. The number of nitrogens with zero attached hydrogens (tertiary/aromatic N) is 2. The molecule has 0 unspecified atom stereocenters. The summed E-state index contributed by atoms with van der Waals surface area (Å²) in [5, 5.41) is 3.02. The van der Waals surface area contributed by atoms with Crippen LogP contribution in [0.4, 0.5) is 0 Å². The average Bonchev–Trinajstić information content (AvgIpc) is 2.50. The van der Waals surface area contributed by atoms with Crippen LogP contribution in [-0.2, 0) is 4.79 Å². The first-order valence-electron chi connectivity index (χ1n) is 9.80. The van der Waals surface area contributed by atoms with Gasteiger partial charge in [0.15, 0.2) is 0 Å². The number of piperidine rings is 3. The molecule has 0 aliphatic carbocycles. The van der Waals surface area contributed by atoms with Gasteiger partial charge >= 0.3 is 0 Å². The van der Waals surface area contributed by atoms with E-state index in [1.807, 2.05) is 13.8 Å². The second kappa shape index (κ2) is 7.52. The highest BCUT2D eigenvalue weighted by molar-refractivity contribution is 5.76. The van der Waals surface area contributed by atoms with Crippen molar-refractivity contribution >= 4 is 5.91 Å². The van der Waals surface area contributed by atoms with Gasteiger partial charge < -0.3 is 10.2 Å². The van der Waals surface area contributed by atoms with E-state index in [0.717, 1.165) is 24.3 Å². The molecular formula is C19H35N3O. The second-order valence-corrected chi connectivity index (χ2v) is 8.36. The molecule has 3 aliphatic rings. The Labute approximate surface area is 142 Å². The van der Waals surface area contributed by atoms with Crippen LogP contribution in [0.15, 0.2) is 0 Å². The fourth-order valence-electron chi connectivity index (χ4n) is 5.51. The van der Waals surface area contributed by atoms with Gasteiger partial charge in [-0.25, -0.2) is 0 Å². The summed E-state index contributed by atoms with van der Waals surface area (Å²) in [6.07, 6.45) is 8.47. The molecule has 0 radical (unpaired) electrons. The number of amides is 1. The van der Waals surface area contributed by atoms with E-state index in [1.54, 1.807) is 0 Å². The Kier molecular flexibility index (Phi) is 5.63. The molecule has 0 aromatic heterocycles. The number of rotatable bonds is 5. The van der Waals surface area contributed by atoms with Gasteiger partial charge in [0.1, 0.15) is 0 Å². The monoisotopic (exact) mass is 321 g/mol. The third-order valence-electron chi connectivity index (χ3n) is 6.28. The molecule has 3 heterocycles. The molecule has 0 bridgehead atoms. The molecule has 1 N–H and O–H groups in total. The number of carbonyl (C=O) groups excluding carboxylic acids is 1. The summed E-state index contributed by atoms with van der Waals surface area (Å²) in [5.41, 5.74) is 0. The minimum atomic E-state index is 0.222. The first-order chi connectivity index (χ1) is 11.1. The fraction of sp³-hybridized carbons (Fsp3) is 0.947. The number of hydrogen-bond donors (Lipinski definition) is 1. The molecule has 3 saturated heterocycles. The summed E-state index contributed by atoms with van der Waals surface area (Å²) >= 11 is 0. The summed E-state index contributed by atoms with van der Waals surface area (Å²) in [5.74, 6) is 1.94. The Bertz CT molecular complexity index is 409. The largest absolute Gasteiger partial charge is 0.354 e. The third-order valence-corrected chi connectivity index (χ3v) is 6.28. The zero-order valence-corrected chi connectivity index (χ0v) is 15.3. The molecule has 4 heteroatoms. The lowest BCUT2D eigenvalue weighted by atomic mass is 9.69. The Morgan fingerprint density at radius 2 is 1.96 bits per heavy atom. The van der Waals surface area contributed by atoms with E-state index in [2.05, 4.69) is 22.2 Å². The maximum Gasteiger partial charge on any atom is 0.220 e. The number of carbonyl (C=O) groups is 1. The van der Waals surface area contributed by atoms with Crippen LogP contribution in [0, 0.1) is 11.8 Å². The van der Waals surface area contributed by atoms with Gasteiger partial charge in [-0.05, 0) is 84.3 Å². The van der Waals surface area contributed by atoms with Crippen LogP contribution in [0.25, 0.3) is 0 Å². The van der Waals surface area contributed by atoms with Gasteiger partial charge in [0.2, 0.25) is 5.91 Å². The van der Waals surface area contributed by atoms with E-state index in [1.165, 1.54) is 51.7 Å². The molecule has 1 amide bonds. The maximum absolute atomic E-state index is 11.9. The molecule has 0 aromatic rings. The highest BCUT2D eigenvalue weighted by Crippen LogP contribution is 2.42. The van der Waals surface area contributed by atoms with Gasteiger partial charge in [-0.1, -0.05) is 0 Å². The lowest BCUT2D eigenvalue weighted by molar-refractivity contribution is -0.121. The maximum atomic E-state index is 11.9. The average molecular weight is 322 g/mol. The van der Waals surface area contributed by atoms with E-state index in [9.17, 15) is 4.79 Å². The highest BCUT2D eigenvalue weighted by atomic mass is 16.1. The predicted octanol–water partition coefficient (Wildman–Crippen LogP) is 2.49. The highest BCUT2D eigenvalue weighted by Gasteiger charge is 2.47. The van der Waals surface area contributed by atoms with E-state index >= 15 is 0 Å². The van der Waals surface area contributed by atoms with Gasteiger partial charge in [-0.3, -0.25) is 9.69 Å². The first kappa shape index (κ1) is 17.2. The molecule has 0 spiro atoms. The topological polar surface area (TPSA) is 35.6 Å². The third kappa shape index (κ3) is 3.90. The molecule has 23 heavy (non-hydrogen) atoms. The minimum absolute atomic E-state index is 0.222. The van der Waals surface area contributed by atoms with Crippen LogP contribution >= 0.6 is 0 Å². The van der Waals surface area contributed by atoms with E-state index in [4.69, 9.17) is 0 Å².